The van der Waals surface area contributed by atoms with Crippen molar-refractivity contribution in [2.75, 3.05) is 18.0 Å². The summed E-state index contributed by atoms with van der Waals surface area (Å²) >= 11 is 0. The molecule has 3 nitrogen and oxygen atoms in total. The Labute approximate surface area is 83.0 Å². The lowest BCUT2D eigenvalue weighted by Gasteiger charge is -2.13. The van der Waals surface area contributed by atoms with Gasteiger partial charge in [-0.1, -0.05) is 24.8 Å². The summed E-state index contributed by atoms with van der Waals surface area (Å²) in [7, 11) is 0. The lowest BCUT2D eigenvalue weighted by atomic mass is 10.2. The van der Waals surface area contributed by atoms with Gasteiger partial charge in [-0.3, -0.25) is 4.90 Å². The molecule has 0 bridgehead atoms. The maximum atomic E-state index is 11.3. The summed E-state index contributed by atoms with van der Waals surface area (Å²) in [5, 5.41) is 2.76. The van der Waals surface area contributed by atoms with E-state index in [1.807, 2.05) is 24.3 Å². The second-order valence-corrected chi connectivity index (χ2v) is 3.18. The van der Waals surface area contributed by atoms with Crippen molar-refractivity contribution < 1.29 is 4.79 Å². The first-order chi connectivity index (χ1) is 6.81. The fourth-order valence-electron chi connectivity index (χ4n) is 1.51. The molecule has 1 aromatic carbocycles. The van der Waals surface area contributed by atoms with Crippen molar-refractivity contribution in [3.05, 3.63) is 36.4 Å². The highest BCUT2D eigenvalue weighted by Gasteiger charge is 2.20. The van der Waals surface area contributed by atoms with Crippen LogP contribution in [0.2, 0.25) is 0 Å². The van der Waals surface area contributed by atoms with Crippen molar-refractivity contribution in [3.8, 4) is 0 Å². The van der Waals surface area contributed by atoms with Gasteiger partial charge in [-0.15, -0.1) is 0 Å². The van der Waals surface area contributed by atoms with Crippen LogP contribution in [0.1, 0.15) is 5.56 Å². The Morgan fingerprint density at radius 2 is 2.07 bits per heavy atom. The van der Waals surface area contributed by atoms with Gasteiger partial charge < -0.3 is 5.32 Å². The second kappa shape index (κ2) is 3.54. The molecule has 0 aliphatic carbocycles. The van der Waals surface area contributed by atoms with E-state index in [0.717, 1.165) is 24.3 Å². The van der Waals surface area contributed by atoms with Gasteiger partial charge in [-0.05, 0) is 17.7 Å². The monoisotopic (exact) mass is 188 g/mol. The third kappa shape index (κ3) is 1.48. The number of hydrogen-bond donors (Lipinski definition) is 1. The van der Waals surface area contributed by atoms with Crippen molar-refractivity contribution in [1.82, 2.24) is 5.32 Å². The van der Waals surface area contributed by atoms with Gasteiger partial charge in [0, 0.05) is 18.8 Å². The molecule has 0 unspecified atom stereocenters. The van der Waals surface area contributed by atoms with E-state index in [0.29, 0.717) is 0 Å². The molecule has 0 atom stereocenters. The Morgan fingerprint density at radius 1 is 1.36 bits per heavy atom. The molecule has 14 heavy (non-hydrogen) atoms. The first-order valence-electron chi connectivity index (χ1n) is 4.59. The quantitative estimate of drug-likeness (QED) is 0.754. The van der Waals surface area contributed by atoms with Gasteiger partial charge in [-0.2, -0.15) is 0 Å². The van der Waals surface area contributed by atoms with Crippen molar-refractivity contribution in [3.63, 3.8) is 0 Å². The van der Waals surface area contributed by atoms with Gasteiger partial charge in [-0.25, -0.2) is 4.79 Å². The van der Waals surface area contributed by atoms with Crippen LogP contribution in [0.15, 0.2) is 30.8 Å². The molecule has 1 fully saturated rings. The number of anilines is 1. The van der Waals surface area contributed by atoms with Crippen LogP contribution in [0.25, 0.3) is 6.08 Å². The molecule has 1 aromatic rings. The van der Waals surface area contributed by atoms with Crippen LogP contribution in [0, 0.1) is 0 Å². The van der Waals surface area contributed by atoms with E-state index in [-0.39, 0.29) is 6.03 Å². The summed E-state index contributed by atoms with van der Waals surface area (Å²) < 4.78 is 0. The van der Waals surface area contributed by atoms with Crippen molar-refractivity contribution in [2.24, 2.45) is 0 Å². The first-order valence-corrected chi connectivity index (χ1v) is 4.59. The van der Waals surface area contributed by atoms with Crippen LogP contribution in [0.4, 0.5) is 10.5 Å². The van der Waals surface area contributed by atoms with Crippen LogP contribution in [-0.4, -0.2) is 19.1 Å². The number of benzene rings is 1. The molecular formula is C11H12N2O. The number of rotatable bonds is 2. The maximum absolute atomic E-state index is 11.3. The van der Waals surface area contributed by atoms with E-state index in [9.17, 15) is 4.79 Å². The molecule has 0 saturated carbocycles. The zero-order chi connectivity index (χ0) is 9.97. The van der Waals surface area contributed by atoms with Gasteiger partial charge in [0.25, 0.3) is 0 Å². The highest BCUT2D eigenvalue weighted by molar-refractivity contribution is 5.94. The van der Waals surface area contributed by atoms with E-state index in [2.05, 4.69) is 11.9 Å². The molecule has 1 N–H and O–H groups in total. The Balaban J connectivity index is 2.24. The molecule has 1 heterocycles. The number of nitrogens with zero attached hydrogens (tertiary/aromatic N) is 1. The smallest absolute Gasteiger partial charge is 0.321 e. The molecule has 1 aliphatic heterocycles. The van der Waals surface area contributed by atoms with Crippen LogP contribution < -0.4 is 10.2 Å². The Morgan fingerprint density at radius 3 is 2.57 bits per heavy atom. The molecule has 1 aliphatic rings. The predicted octanol–water partition coefficient (Wildman–Crippen LogP) is 1.86. The number of carbonyl (C=O) groups is 1. The Bertz CT molecular complexity index is 356. The average molecular weight is 188 g/mol. The topological polar surface area (TPSA) is 32.3 Å². The number of urea groups is 1. The molecule has 0 radical (unpaired) electrons. The normalized spacial score (nSPS) is 15.4. The summed E-state index contributed by atoms with van der Waals surface area (Å²) in [4.78, 5) is 13.1. The maximum Gasteiger partial charge on any atom is 0.321 e. The molecule has 0 aromatic heterocycles. The minimum Gasteiger partial charge on any atom is -0.336 e. The van der Waals surface area contributed by atoms with Crippen LogP contribution in [0.3, 0.4) is 0 Å². The summed E-state index contributed by atoms with van der Waals surface area (Å²) in [6.45, 7) is 5.15. The average Bonchev–Trinajstić information content (AvgIpc) is 2.65. The van der Waals surface area contributed by atoms with Gasteiger partial charge in [0.2, 0.25) is 0 Å². The standard InChI is InChI=1S/C11H12N2O/c1-2-9-3-5-10(6-4-9)13-8-7-12-11(13)14/h2-6H,1,7-8H2,(H,12,14). The second-order valence-electron chi connectivity index (χ2n) is 3.18. The van der Waals surface area contributed by atoms with Crippen molar-refractivity contribution in [2.45, 2.75) is 0 Å². The Hall–Kier alpha value is -1.77. The lowest BCUT2D eigenvalue weighted by molar-refractivity contribution is 0.252. The highest BCUT2D eigenvalue weighted by Crippen LogP contribution is 2.17. The lowest BCUT2D eigenvalue weighted by Crippen LogP contribution is -2.27. The largest absolute Gasteiger partial charge is 0.336 e. The fraction of sp³-hybridized carbons (Fsp3) is 0.182. The number of carbonyl (C=O) groups excluding carboxylic acids is 1. The van der Waals surface area contributed by atoms with Gasteiger partial charge >= 0.3 is 6.03 Å². The minimum atomic E-state index is -0.0173. The zero-order valence-corrected chi connectivity index (χ0v) is 7.86. The summed E-state index contributed by atoms with van der Waals surface area (Å²) in [6, 6.07) is 7.75. The fourth-order valence-corrected chi connectivity index (χ4v) is 1.51. The SMILES string of the molecule is C=Cc1ccc(N2CCNC2=O)cc1. The third-order valence-electron chi connectivity index (χ3n) is 2.30. The van der Waals surface area contributed by atoms with Crippen LogP contribution in [-0.2, 0) is 0 Å². The molecule has 2 amide bonds. The molecule has 3 heteroatoms. The van der Waals surface area contributed by atoms with E-state index in [4.69, 9.17) is 0 Å². The van der Waals surface area contributed by atoms with E-state index in [1.165, 1.54) is 0 Å². The van der Waals surface area contributed by atoms with Crippen molar-refractivity contribution >= 4 is 17.8 Å². The van der Waals surface area contributed by atoms with Gasteiger partial charge in [0.05, 0.1) is 0 Å². The van der Waals surface area contributed by atoms with Gasteiger partial charge in [0.1, 0.15) is 0 Å². The molecular weight excluding hydrogens is 176 g/mol. The summed E-state index contributed by atoms with van der Waals surface area (Å²) in [5.41, 5.74) is 2.00. The third-order valence-corrected chi connectivity index (χ3v) is 2.30. The molecule has 1 saturated heterocycles. The summed E-state index contributed by atoms with van der Waals surface area (Å²) in [5.74, 6) is 0. The number of nitrogens with one attached hydrogen (secondary N) is 1. The van der Waals surface area contributed by atoms with E-state index in [1.54, 1.807) is 11.0 Å². The first kappa shape index (κ1) is 8.81. The molecule has 72 valence electrons. The zero-order valence-electron chi connectivity index (χ0n) is 7.86. The van der Waals surface area contributed by atoms with Crippen LogP contribution >= 0.6 is 0 Å². The number of amides is 2. The van der Waals surface area contributed by atoms with Gasteiger partial charge in [0.15, 0.2) is 0 Å². The van der Waals surface area contributed by atoms with E-state index >= 15 is 0 Å². The highest BCUT2D eigenvalue weighted by atomic mass is 16.2. The van der Waals surface area contributed by atoms with Crippen molar-refractivity contribution in [1.29, 1.82) is 0 Å². The van der Waals surface area contributed by atoms with Crippen LogP contribution in [0.5, 0.6) is 0 Å². The number of hydrogen-bond acceptors (Lipinski definition) is 1. The predicted molar refractivity (Wildman–Crippen MR) is 57.3 cm³/mol. The molecule has 2 rings (SSSR count). The van der Waals surface area contributed by atoms with E-state index < -0.39 is 0 Å². The Kier molecular flexibility index (Phi) is 2.23. The molecule has 0 spiro atoms. The summed E-state index contributed by atoms with van der Waals surface area (Å²) in [6.07, 6.45) is 1.79. The minimum absolute atomic E-state index is 0.0173.